The van der Waals surface area contributed by atoms with Crippen molar-refractivity contribution in [2.75, 3.05) is 19.6 Å². The van der Waals surface area contributed by atoms with Crippen LogP contribution in [0.2, 0.25) is 0 Å². The molecule has 0 radical (unpaired) electrons. The van der Waals surface area contributed by atoms with Gasteiger partial charge in [-0.3, -0.25) is 0 Å². The van der Waals surface area contributed by atoms with E-state index in [1.165, 1.54) is 38.5 Å². The quantitative estimate of drug-likeness (QED) is 0.632. The van der Waals surface area contributed by atoms with Gasteiger partial charge in [0.1, 0.15) is 6.10 Å². The molecule has 1 aliphatic rings. The lowest BCUT2D eigenvalue weighted by Gasteiger charge is -2.12. The third kappa shape index (κ3) is 5.39. The first-order valence-corrected chi connectivity index (χ1v) is 6.93. The predicted molar refractivity (Wildman–Crippen MR) is 68.9 cm³/mol. The lowest BCUT2D eigenvalue weighted by atomic mass is 10.1. The molecule has 1 fully saturated rings. The summed E-state index contributed by atoms with van der Waals surface area (Å²) in [5.74, 6) is 0. The minimum atomic E-state index is -0.188. The average molecular weight is 242 g/mol. The van der Waals surface area contributed by atoms with E-state index in [2.05, 4.69) is 6.92 Å². The van der Waals surface area contributed by atoms with E-state index in [0.29, 0.717) is 13.1 Å². The highest BCUT2D eigenvalue weighted by atomic mass is 16.6. The maximum absolute atomic E-state index is 11.4. The molecule has 0 aliphatic carbocycles. The van der Waals surface area contributed by atoms with E-state index in [4.69, 9.17) is 10.5 Å². The number of unbranched alkanes of at least 4 members (excludes halogenated alkanes) is 6. The second-order valence-corrected chi connectivity index (χ2v) is 4.81. The SMILES string of the molecule is CCCCCCCCCN1CC(CN)OC1=O. The molecule has 1 atom stereocenters. The van der Waals surface area contributed by atoms with Gasteiger partial charge in [-0.2, -0.15) is 0 Å². The Morgan fingerprint density at radius 3 is 2.47 bits per heavy atom. The Labute approximate surface area is 104 Å². The molecule has 4 heteroatoms. The van der Waals surface area contributed by atoms with Gasteiger partial charge in [0.25, 0.3) is 0 Å². The van der Waals surface area contributed by atoms with Crippen molar-refractivity contribution < 1.29 is 9.53 Å². The van der Waals surface area contributed by atoms with E-state index in [1.807, 2.05) is 0 Å². The maximum Gasteiger partial charge on any atom is 0.410 e. The number of nitrogens with zero attached hydrogens (tertiary/aromatic N) is 1. The topological polar surface area (TPSA) is 55.6 Å². The molecule has 0 aromatic heterocycles. The summed E-state index contributed by atoms with van der Waals surface area (Å²) in [5, 5.41) is 0. The number of ether oxygens (including phenoxy) is 1. The molecule has 0 saturated carbocycles. The van der Waals surface area contributed by atoms with Crippen molar-refractivity contribution in [3.63, 3.8) is 0 Å². The summed E-state index contributed by atoms with van der Waals surface area (Å²) in [6, 6.07) is 0. The molecule has 100 valence electrons. The fraction of sp³-hybridized carbons (Fsp3) is 0.923. The predicted octanol–water partition coefficient (Wildman–Crippen LogP) is 2.52. The van der Waals surface area contributed by atoms with Gasteiger partial charge in [-0.05, 0) is 6.42 Å². The fourth-order valence-corrected chi connectivity index (χ4v) is 2.14. The zero-order valence-corrected chi connectivity index (χ0v) is 11.0. The highest BCUT2D eigenvalue weighted by Crippen LogP contribution is 2.12. The number of hydrogen-bond acceptors (Lipinski definition) is 3. The van der Waals surface area contributed by atoms with Crippen LogP contribution in [0, 0.1) is 0 Å². The molecule has 0 spiro atoms. The summed E-state index contributed by atoms with van der Waals surface area (Å²) in [5.41, 5.74) is 5.48. The van der Waals surface area contributed by atoms with Crippen molar-refractivity contribution >= 4 is 6.09 Å². The summed E-state index contributed by atoms with van der Waals surface area (Å²) in [4.78, 5) is 13.2. The van der Waals surface area contributed by atoms with Gasteiger partial charge in [0.05, 0.1) is 6.54 Å². The molecule has 0 bridgehead atoms. The maximum atomic E-state index is 11.4. The molecule has 0 aromatic carbocycles. The average Bonchev–Trinajstić information content (AvgIpc) is 2.69. The van der Waals surface area contributed by atoms with Crippen molar-refractivity contribution in [1.82, 2.24) is 4.90 Å². The Morgan fingerprint density at radius 2 is 1.88 bits per heavy atom. The summed E-state index contributed by atoms with van der Waals surface area (Å²) in [6.07, 6.45) is 8.60. The third-order valence-electron chi connectivity index (χ3n) is 3.24. The normalized spacial score (nSPS) is 19.8. The number of carbonyl (C=O) groups excluding carboxylic acids is 1. The molecule has 1 saturated heterocycles. The molecule has 4 nitrogen and oxygen atoms in total. The summed E-state index contributed by atoms with van der Waals surface area (Å²) in [6.45, 7) is 4.15. The van der Waals surface area contributed by atoms with Crippen molar-refractivity contribution in [3.05, 3.63) is 0 Å². The van der Waals surface area contributed by atoms with Gasteiger partial charge >= 0.3 is 6.09 Å². The first kappa shape index (κ1) is 14.3. The standard InChI is InChI=1S/C13H26N2O2/c1-2-3-4-5-6-7-8-9-15-11-12(10-14)17-13(15)16/h12H,2-11,14H2,1H3. The molecule has 1 amide bonds. The fourth-order valence-electron chi connectivity index (χ4n) is 2.14. The minimum Gasteiger partial charge on any atom is -0.443 e. The van der Waals surface area contributed by atoms with Gasteiger partial charge in [-0.25, -0.2) is 4.79 Å². The number of nitrogens with two attached hydrogens (primary N) is 1. The van der Waals surface area contributed by atoms with Gasteiger partial charge in [0.2, 0.25) is 0 Å². The highest BCUT2D eigenvalue weighted by Gasteiger charge is 2.29. The Kier molecular flexibility index (Phi) is 7.01. The van der Waals surface area contributed by atoms with E-state index in [0.717, 1.165) is 13.0 Å². The lowest BCUT2D eigenvalue weighted by Crippen LogP contribution is -2.28. The number of cyclic esters (lactones) is 1. The smallest absolute Gasteiger partial charge is 0.410 e. The third-order valence-corrected chi connectivity index (χ3v) is 3.24. The van der Waals surface area contributed by atoms with E-state index in [-0.39, 0.29) is 12.2 Å². The van der Waals surface area contributed by atoms with Crippen LogP contribution in [0.4, 0.5) is 4.79 Å². The summed E-state index contributed by atoms with van der Waals surface area (Å²) < 4.78 is 5.10. The van der Waals surface area contributed by atoms with E-state index >= 15 is 0 Å². The lowest BCUT2D eigenvalue weighted by molar-refractivity contribution is 0.135. The van der Waals surface area contributed by atoms with Gasteiger partial charge in [-0.15, -0.1) is 0 Å². The second kappa shape index (κ2) is 8.34. The molecule has 1 heterocycles. The van der Waals surface area contributed by atoms with Crippen LogP contribution in [0.1, 0.15) is 51.9 Å². The summed E-state index contributed by atoms with van der Waals surface area (Å²) in [7, 11) is 0. The molecule has 0 aromatic rings. The molecule has 2 N–H and O–H groups in total. The molecule has 17 heavy (non-hydrogen) atoms. The minimum absolute atomic E-state index is 0.0907. The number of hydrogen-bond donors (Lipinski definition) is 1. The Balaban J connectivity index is 1.98. The van der Waals surface area contributed by atoms with Gasteiger partial charge in [0, 0.05) is 13.1 Å². The van der Waals surface area contributed by atoms with Crippen LogP contribution in [0.5, 0.6) is 0 Å². The monoisotopic (exact) mass is 242 g/mol. The van der Waals surface area contributed by atoms with E-state index in [9.17, 15) is 4.79 Å². The van der Waals surface area contributed by atoms with Crippen molar-refractivity contribution in [2.45, 2.75) is 58.0 Å². The molecule has 1 unspecified atom stereocenters. The largest absolute Gasteiger partial charge is 0.443 e. The second-order valence-electron chi connectivity index (χ2n) is 4.81. The Bertz CT molecular complexity index is 221. The highest BCUT2D eigenvalue weighted by molar-refractivity contribution is 5.69. The summed E-state index contributed by atoms with van der Waals surface area (Å²) >= 11 is 0. The van der Waals surface area contributed by atoms with E-state index < -0.39 is 0 Å². The van der Waals surface area contributed by atoms with Gasteiger partial charge < -0.3 is 15.4 Å². The van der Waals surface area contributed by atoms with Crippen LogP contribution in [0.25, 0.3) is 0 Å². The first-order chi connectivity index (χ1) is 8.27. The number of carbonyl (C=O) groups is 1. The van der Waals surface area contributed by atoms with Crippen LogP contribution >= 0.6 is 0 Å². The van der Waals surface area contributed by atoms with Crippen molar-refractivity contribution in [1.29, 1.82) is 0 Å². The van der Waals surface area contributed by atoms with Crippen LogP contribution in [-0.2, 0) is 4.74 Å². The van der Waals surface area contributed by atoms with Crippen LogP contribution in [0.3, 0.4) is 0 Å². The van der Waals surface area contributed by atoms with Crippen molar-refractivity contribution in [3.8, 4) is 0 Å². The zero-order chi connectivity index (χ0) is 12.5. The molecule has 1 aliphatic heterocycles. The molecular formula is C13H26N2O2. The zero-order valence-electron chi connectivity index (χ0n) is 11.0. The van der Waals surface area contributed by atoms with Crippen LogP contribution < -0.4 is 5.73 Å². The number of amides is 1. The van der Waals surface area contributed by atoms with Gasteiger partial charge in [-0.1, -0.05) is 45.4 Å². The first-order valence-electron chi connectivity index (χ1n) is 6.93. The van der Waals surface area contributed by atoms with Crippen LogP contribution in [-0.4, -0.2) is 36.7 Å². The van der Waals surface area contributed by atoms with Crippen LogP contribution in [0.15, 0.2) is 0 Å². The van der Waals surface area contributed by atoms with Crippen molar-refractivity contribution in [2.24, 2.45) is 5.73 Å². The van der Waals surface area contributed by atoms with Gasteiger partial charge in [0.15, 0.2) is 0 Å². The Hall–Kier alpha value is -0.770. The van der Waals surface area contributed by atoms with E-state index in [1.54, 1.807) is 4.90 Å². The Morgan fingerprint density at radius 1 is 1.24 bits per heavy atom. The number of rotatable bonds is 9. The molecular weight excluding hydrogens is 216 g/mol. The molecule has 1 rings (SSSR count).